The molecule has 0 bridgehead atoms. The number of nitrogens with one attached hydrogen (secondary N) is 1. The number of aryl methyl sites for hydroxylation is 1. The molecule has 0 saturated heterocycles. The van der Waals surface area contributed by atoms with E-state index < -0.39 is 0 Å². The molecule has 4 nitrogen and oxygen atoms in total. The summed E-state index contributed by atoms with van der Waals surface area (Å²) in [5.74, 6) is 0.774. The molecule has 0 fully saturated rings. The summed E-state index contributed by atoms with van der Waals surface area (Å²) in [5.41, 5.74) is 0.0547. The third kappa shape index (κ3) is 3.55. The molecule has 0 aliphatic carbocycles. The highest BCUT2D eigenvalue weighted by atomic mass is 127. The number of hydrogen-bond donors (Lipinski definition) is 1. The Morgan fingerprint density at radius 2 is 2.31 bits per heavy atom. The van der Waals surface area contributed by atoms with Gasteiger partial charge >= 0.3 is 0 Å². The normalized spacial score (nSPS) is 12.8. The van der Waals surface area contributed by atoms with Crippen LogP contribution >= 0.6 is 22.6 Å². The van der Waals surface area contributed by atoms with Crippen molar-refractivity contribution in [2.75, 3.05) is 6.54 Å². The van der Waals surface area contributed by atoms with Gasteiger partial charge in [0.05, 0.1) is 3.57 Å². The summed E-state index contributed by atoms with van der Waals surface area (Å²) < 4.78 is 2.39. The predicted molar refractivity (Wildman–Crippen MR) is 73.7 cm³/mol. The molecule has 0 amide bonds. The van der Waals surface area contributed by atoms with E-state index in [0.717, 1.165) is 18.8 Å². The van der Waals surface area contributed by atoms with Crippen molar-refractivity contribution in [2.24, 2.45) is 0 Å². The molecule has 1 atom stereocenters. The van der Waals surface area contributed by atoms with Crippen LogP contribution in [0.15, 0.2) is 11.0 Å². The minimum Gasteiger partial charge on any atom is -0.312 e. The van der Waals surface area contributed by atoms with E-state index in [0.29, 0.717) is 16.2 Å². The summed E-state index contributed by atoms with van der Waals surface area (Å²) in [6, 6.07) is 0.492. The van der Waals surface area contributed by atoms with Crippen molar-refractivity contribution < 1.29 is 0 Å². The molecule has 0 saturated carbocycles. The van der Waals surface area contributed by atoms with Crippen molar-refractivity contribution in [1.29, 1.82) is 0 Å². The molecular formula is C11H18IN3O. The Balaban J connectivity index is 2.67. The number of hydrogen-bond acceptors (Lipinski definition) is 3. The SMILES string of the molecule is CCC(C)NCCn1c(C)ncc(I)c1=O. The summed E-state index contributed by atoms with van der Waals surface area (Å²) in [4.78, 5) is 16.0. The zero-order valence-electron chi connectivity index (χ0n) is 9.96. The molecule has 1 heterocycles. The topological polar surface area (TPSA) is 46.9 Å². The Labute approximate surface area is 110 Å². The highest BCUT2D eigenvalue weighted by molar-refractivity contribution is 14.1. The summed E-state index contributed by atoms with van der Waals surface area (Å²) in [6.45, 7) is 7.63. The second-order valence-corrected chi connectivity index (χ2v) is 5.04. The summed E-state index contributed by atoms with van der Waals surface area (Å²) in [6.07, 6.45) is 2.72. The highest BCUT2D eigenvalue weighted by Gasteiger charge is 2.05. The van der Waals surface area contributed by atoms with Crippen LogP contribution in [0.5, 0.6) is 0 Å². The van der Waals surface area contributed by atoms with Crippen LogP contribution in [-0.2, 0) is 6.54 Å². The van der Waals surface area contributed by atoms with E-state index >= 15 is 0 Å². The minimum atomic E-state index is 0.0547. The first-order valence-electron chi connectivity index (χ1n) is 5.51. The van der Waals surface area contributed by atoms with Crippen LogP contribution in [-0.4, -0.2) is 22.1 Å². The van der Waals surface area contributed by atoms with Crippen molar-refractivity contribution in [3.8, 4) is 0 Å². The van der Waals surface area contributed by atoms with Crippen LogP contribution in [0.3, 0.4) is 0 Å². The molecule has 1 aromatic heterocycles. The number of rotatable bonds is 5. The van der Waals surface area contributed by atoms with Crippen LogP contribution in [0.2, 0.25) is 0 Å². The first-order chi connectivity index (χ1) is 7.56. The average molecular weight is 335 g/mol. The number of nitrogens with zero attached hydrogens (tertiary/aromatic N) is 2. The van der Waals surface area contributed by atoms with Crippen molar-refractivity contribution in [1.82, 2.24) is 14.9 Å². The van der Waals surface area contributed by atoms with E-state index in [2.05, 4.69) is 24.1 Å². The van der Waals surface area contributed by atoms with Crippen LogP contribution < -0.4 is 10.9 Å². The second kappa shape index (κ2) is 6.34. The van der Waals surface area contributed by atoms with Crippen molar-refractivity contribution in [2.45, 2.75) is 39.8 Å². The second-order valence-electron chi connectivity index (χ2n) is 3.87. The van der Waals surface area contributed by atoms with Crippen LogP contribution in [0, 0.1) is 10.5 Å². The molecular weight excluding hydrogens is 317 g/mol. The van der Waals surface area contributed by atoms with Crippen LogP contribution in [0.25, 0.3) is 0 Å². The molecule has 1 N–H and O–H groups in total. The van der Waals surface area contributed by atoms with E-state index in [1.807, 2.05) is 29.5 Å². The molecule has 1 rings (SSSR count). The van der Waals surface area contributed by atoms with Gasteiger partial charge in [0.2, 0.25) is 0 Å². The van der Waals surface area contributed by atoms with Gasteiger partial charge in [0, 0.05) is 25.3 Å². The van der Waals surface area contributed by atoms with E-state index in [4.69, 9.17) is 0 Å². The molecule has 0 spiro atoms. The monoisotopic (exact) mass is 335 g/mol. The van der Waals surface area contributed by atoms with Crippen molar-refractivity contribution in [3.05, 3.63) is 25.9 Å². The molecule has 1 unspecified atom stereocenters. The fourth-order valence-electron chi connectivity index (χ4n) is 1.38. The van der Waals surface area contributed by atoms with Gasteiger partial charge in [0.15, 0.2) is 0 Å². The lowest BCUT2D eigenvalue weighted by Crippen LogP contribution is -2.33. The lowest BCUT2D eigenvalue weighted by atomic mass is 10.2. The quantitative estimate of drug-likeness (QED) is 0.831. The Bertz CT molecular complexity index is 403. The predicted octanol–water partition coefficient (Wildman–Crippen LogP) is 1.54. The van der Waals surface area contributed by atoms with E-state index in [9.17, 15) is 4.79 Å². The summed E-state index contributed by atoms with van der Waals surface area (Å²) in [5, 5.41) is 3.36. The molecule has 0 aliphatic rings. The highest BCUT2D eigenvalue weighted by Crippen LogP contribution is 1.97. The zero-order valence-corrected chi connectivity index (χ0v) is 12.1. The first kappa shape index (κ1) is 13.6. The molecule has 16 heavy (non-hydrogen) atoms. The average Bonchev–Trinajstić information content (AvgIpc) is 2.28. The summed E-state index contributed by atoms with van der Waals surface area (Å²) >= 11 is 2.02. The van der Waals surface area contributed by atoms with Gasteiger partial charge in [-0.3, -0.25) is 9.36 Å². The Morgan fingerprint density at radius 1 is 1.62 bits per heavy atom. The minimum absolute atomic E-state index is 0.0547. The maximum Gasteiger partial charge on any atom is 0.266 e. The van der Waals surface area contributed by atoms with E-state index in [1.54, 1.807) is 10.8 Å². The lowest BCUT2D eigenvalue weighted by Gasteiger charge is -2.13. The van der Waals surface area contributed by atoms with E-state index in [1.165, 1.54) is 0 Å². The lowest BCUT2D eigenvalue weighted by molar-refractivity contribution is 0.492. The van der Waals surface area contributed by atoms with Crippen LogP contribution in [0.1, 0.15) is 26.1 Å². The third-order valence-corrected chi connectivity index (χ3v) is 3.39. The number of aromatic nitrogens is 2. The Morgan fingerprint density at radius 3 is 2.94 bits per heavy atom. The van der Waals surface area contributed by atoms with E-state index in [-0.39, 0.29) is 5.56 Å². The third-order valence-electron chi connectivity index (χ3n) is 2.65. The molecule has 5 heteroatoms. The van der Waals surface area contributed by atoms with Crippen molar-refractivity contribution in [3.63, 3.8) is 0 Å². The van der Waals surface area contributed by atoms with Gasteiger partial charge in [0.1, 0.15) is 5.82 Å². The largest absolute Gasteiger partial charge is 0.312 e. The van der Waals surface area contributed by atoms with Gasteiger partial charge in [-0.15, -0.1) is 0 Å². The van der Waals surface area contributed by atoms with Gasteiger partial charge in [-0.2, -0.15) is 0 Å². The molecule has 0 aliphatic heterocycles. The standard InChI is InChI=1S/C11H18IN3O/c1-4-8(2)13-5-6-15-9(3)14-7-10(12)11(15)16/h7-8,13H,4-6H2,1-3H3. The van der Waals surface area contributed by atoms with Gasteiger partial charge in [-0.1, -0.05) is 6.92 Å². The van der Waals surface area contributed by atoms with Crippen molar-refractivity contribution >= 4 is 22.6 Å². The van der Waals surface area contributed by atoms with Gasteiger partial charge in [-0.05, 0) is 42.9 Å². The maximum absolute atomic E-state index is 11.8. The van der Waals surface area contributed by atoms with Gasteiger partial charge in [-0.25, -0.2) is 4.98 Å². The molecule has 0 radical (unpaired) electrons. The Hall–Kier alpha value is -0.430. The fourth-order valence-corrected chi connectivity index (χ4v) is 1.81. The summed E-state index contributed by atoms with van der Waals surface area (Å²) in [7, 11) is 0. The molecule has 1 aromatic rings. The number of halogens is 1. The Kier molecular flexibility index (Phi) is 5.40. The fraction of sp³-hybridized carbons (Fsp3) is 0.636. The van der Waals surface area contributed by atoms with Crippen LogP contribution in [0.4, 0.5) is 0 Å². The zero-order chi connectivity index (χ0) is 12.1. The van der Waals surface area contributed by atoms with Gasteiger partial charge < -0.3 is 5.32 Å². The van der Waals surface area contributed by atoms with Gasteiger partial charge in [0.25, 0.3) is 5.56 Å². The first-order valence-corrected chi connectivity index (χ1v) is 6.59. The smallest absolute Gasteiger partial charge is 0.266 e. The molecule has 90 valence electrons. The molecule has 0 aromatic carbocycles. The maximum atomic E-state index is 11.8.